The van der Waals surface area contributed by atoms with Gasteiger partial charge in [-0.15, -0.1) is 6.58 Å². The highest BCUT2D eigenvalue weighted by Crippen LogP contribution is 1.93. The molecule has 54 valence electrons. The summed E-state index contributed by atoms with van der Waals surface area (Å²) in [7, 11) is 0. The zero-order valence-corrected chi connectivity index (χ0v) is 7.19. The van der Waals surface area contributed by atoms with Gasteiger partial charge in [-0.2, -0.15) is 0 Å². The average molecular weight is 193 g/mol. The molecule has 0 aliphatic carbocycles. The topological polar surface area (TPSA) is 9.23 Å². The van der Waals surface area contributed by atoms with Crippen LogP contribution in [-0.4, -0.2) is 18.5 Å². The SMILES string of the molecule is C=CCOCCCCBr. The van der Waals surface area contributed by atoms with Crippen molar-refractivity contribution in [2.75, 3.05) is 18.5 Å². The van der Waals surface area contributed by atoms with Crippen molar-refractivity contribution in [3.05, 3.63) is 12.7 Å². The van der Waals surface area contributed by atoms with E-state index in [2.05, 4.69) is 22.5 Å². The second-order valence-corrected chi connectivity index (χ2v) is 2.55. The Labute approximate surface area is 65.2 Å². The summed E-state index contributed by atoms with van der Waals surface area (Å²) in [6.07, 6.45) is 4.10. The van der Waals surface area contributed by atoms with Crippen molar-refractivity contribution in [2.24, 2.45) is 0 Å². The Balaban J connectivity index is 2.66. The first-order valence-corrected chi connectivity index (χ1v) is 4.28. The smallest absolute Gasteiger partial charge is 0.0644 e. The molecule has 0 radical (unpaired) electrons. The molecule has 0 aliphatic heterocycles. The number of hydrogen-bond acceptors (Lipinski definition) is 1. The Morgan fingerprint density at radius 3 is 2.78 bits per heavy atom. The lowest BCUT2D eigenvalue weighted by Gasteiger charge is -1.97. The molecule has 0 aromatic carbocycles. The van der Waals surface area contributed by atoms with Gasteiger partial charge in [0.1, 0.15) is 0 Å². The number of hydrogen-bond donors (Lipinski definition) is 0. The highest BCUT2D eigenvalue weighted by Gasteiger charge is 1.84. The lowest BCUT2D eigenvalue weighted by atomic mass is 10.4. The van der Waals surface area contributed by atoms with Gasteiger partial charge in [0.15, 0.2) is 0 Å². The molecule has 0 amide bonds. The van der Waals surface area contributed by atoms with Crippen LogP contribution in [0.1, 0.15) is 12.8 Å². The summed E-state index contributed by atoms with van der Waals surface area (Å²) in [4.78, 5) is 0. The molecule has 0 unspecified atom stereocenters. The third-order valence-electron chi connectivity index (χ3n) is 0.908. The standard InChI is InChI=1S/C7H13BrO/c1-2-6-9-7-4-3-5-8/h2H,1,3-7H2. The Hall–Kier alpha value is 0.180. The van der Waals surface area contributed by atoms with Crippen LogP contribution in [-0.2, 0) is 4.74 Å². The molecular weight excluding hydrogens is 180 g/mol. The van der Waals surface area contributed by atoms with Crippen LogP contribution in [0.25, 0.3) is 0 Å². The third-order valence-corrected chi connectivity index (χ3v) is 1.47. The highest BCUT2D eigenvalue weighted by atomic mass is 79.9. The van der Waals surface area contributed by atoms with E-state index in [1.54, 1.807) is 6.08 Å². The van der Waals surface area contributed by atoms with Crippen LogP contribution in [0.5, 0.6) is 0 Å². The maximum atomic E-state index is 5.15. The predicted molar refractivity (Wildman–Crippen MR) is 44.0 cm³/mol. The first kappa shape index (κ1) is 9.18. The minimum absolute atomic E-state index is 0.683. The fourth-order valence-corrected chi connectivity index (χ4v) is 0.862. The summed E-state index contributed by atoms with van der Waals surface area (Å²) in [6.45, 7) is 5.09. The van der Waals surface area contributed by atoms with Crippen molar-refractivity contribution in [3.8, 4) is 0 Å². The fraction of sp³-hybridized carbons (Fsp3) is 0.714. The number of unbranched alkanes of at least 4 members (excludes halogenated alkanes) is 1. The third kappa shape index (κ3) is 8.18. The molecule has 9 heavy (non-hydrogen) atoms. The first-order valence-electron chi connectivity index (χ1n) is 3.16. The minimum Gasteiger partial charge on any atom is -0.377 e. The van der Waals surface area contributed by atoms with Crippen LogP contribution in [0, 0.1) is 0 Å². The van der Waals surface area contributed by atoms with E-state index in [1.807, 2.05) is 0 Å². The lowest BCUT2D eigenvalue weighted by molar-refractivity contribution is 0.159. The molecule has 0 aliphatic rings. The summed E-state index contributed by atoms with van der Waals surface area (Å²) in [5, 5.41) is 1.07. The number of ether oxygens (including phenoxy) is 1. The van der Waals surface area contributed by atoms with E-state index < -0.39 is 0 Å². The molecule has 0 aromatic heterocycles. The Morgan fingerprint density at radius 1 is 1.44 bits per heavy atom. The summed E-state index contributed by atoms with van der Waals surface area (Å²) < 4.78 is 5.15. The Bertz CT molecular complexity index is 63.9. The molecule has 0 heterocycles. The molecule has 2 heteroatoms. The van der Waals surface area contributed by atoms with Gasteiger partial charge in [0.25, 0.3) is 0 Å². The fourth-order valence-electron chi connectivity index (χ4n) is 0.465. The quantitative estimate of drug-likeness (QED) is 0.357. The van der Waals surface area contributed by atoms with Gasteiger partial charge < -0.3 is 4.74 Å². The van der Waals surface area contributed by atoms with Gasteiger partial charge >= 0.3 is 0 Å². The van der Waals surface area contributed by atoms with E-state index in [1.165, 1.54) is 6.42 Å². The van der Waals surface area contributed by atoms with E-state index in [9.17, 15) is 0 Å². The van der Waals surface area contributed by atoms with E-state index in [-0.39, 0.29) is 0 Å². The van der Waals surface area contributed by atoms with Gasteiger partial charge in [0.05, 0.1) is 6.61 Å². The van der Waals surface area contributed by atoms with Crippen molar-refractivity contribution < 1.29 is 4.74 Å². The van der Waals surface area contributed by atoms with Crippen LogP contribution >= 0.6 is 15.9 Å². The van der Waals surface area contributed by atoms with E-state index in [4.69, 9.17) is 4.74 Å². The Kier molecular flexibility index (Phi) is 8.34. The molecule has 0 spiro atoms. The highest BCUT2D eigenvalue weighted by molar-refractivity contribution is 9.09. The van der Waals surface area contributed by atoms with Gasteiger partial charge in [-0.05, 0) is 12.8 Å². The van der Waals surface area contributed by atoms with Crippen molar-refractivity contribution in [1.29, 1.82) is 0 Å². The molecule has 0 saturated carbocycles. The molecule has 0 rings (SSSR count). The maximum Gasteiger partial charge on any atom is 0.0644 e. The molecule has 0 fully saturated rings. The summed E-state index contributed by atoms with van der Waals surface area (Å²) in [5.41, 5.74) is 0. The van der Waals surface area contributed by atoms with E-state index in [0.717, 1.165) is 18.4 Å². The zero-order valence-electron chi connectivity index (χ0n) is 5.61. The van der Waals surface area contributed by atoms with Crippen molar-refractivity contribution in [2.45, 2.75) is 12.8 Å². The van der Waals surface area contributed by atoms with Crippen molar-refractivity contribution >= 4 is 15.9 Å². The first-order chi connectivity index (χ1) is 4.41. The van der Waals surface area contributed by atoms with Gasteiger partial charge in [0.2, 0.25) is 0 Å². The van der Waals surface area contributed by atoms with Gasteiger partial charge in [-0.25, -0.2) is 0 Å². The second-order valence-electron chi connectivity index (χ2n) is 1.76. The monoisotopic (exact) mass is 192 g/mol. The second kappa shape index (κ2) is 8.18. The van der Waals surface area contributed by atoms with Crippen LogP contribution in [0.3, 0.4) is 0 Å². The Morgan fingerprint density at radius 2 is 2.22 bits per heavy atom. The molecule has 0 atom stereocenters. The van der Waals surface area contributed by atoms with Crippen LogP contribution in [0.2, 0.25) is 0 Å². The summed E-state index contributed by atoms with van der Waals surface area (Å²) in [6, 6.07) is 0. The molecule has 0 saturated heterocycles. The molecule has 1 nitrogen and oxygen atoms in total. The largest absolute Gasteiger partial charge is 0.377 e. The molecular formula is C7H13BrO. The number of rotatable bonds is 6. The van der Waals surface area contributed by atoms with Gasteiger partial charge in [-0.3, -0.25) is 0 Å². The normalized spacial score (nSPS) is 9.44. The maximum absolute atomic E-state index is 5.15. The number of halogens is 1. The van der Waals surface area contributed by atoms with Crippen LogP contribution < -0.4 is 0 Å². The molecule has 0 N–H and O–H groups in total. The van der Waals surface area contributed by atoms with Crippen LogP contribution in [0.15, 0.2) is 12.7 Å². The number of alkyl halides is 1. The lowest BCUT2D eigenvalue weighted by Crippen LogP contribution is -1.93. The molecule has 0 aromatic rings. The van der Waals surface area contributed by atoms with Crippen molar-refractivity contribution in [3.63, 3.8) is 0 Å². The van der Waals surface area contributed by atoms with E-state index in [0.29, 0.717) is 6.61 Å². The van der Waals surface area contributed by atoms with Crippen molar-refractivity contribution in [1.82, 2.24) is 0 Å². The summed E-state index contributed by atoms with van der Waals surface area (Å²) >= 11 is 3.34. The molecule has 0 bridgehead atoms. The summed E-state index contributed by atoms with van der Waals surface area (Å²) in [5.74, 6) is 0. The predicted octanol–water partition coefficient (Wildman–Crippen LogP) is 2.36. The zero-order chi connectivity index (χ0) is 6.95. The van der Waals surface area contributed by atoms with E-state index >= 15 is 0 Å². The average Bonchev–Trinajstić information content (AvgIpc) is 1.89. The van der Waals surface area contributed by atoms with Gasteiger partial charge in [0, 0.05) is 11.9 Å². The van der Waals surface area contributed by atoms with Gasteiger partial charge in [-0.1, -0.05) is 22.0 Å². The minimum atomic E-state index is 0.683. The van der Waals surface area contributed by atoms with Crippen LogP contribution in [0.4, 0.5) is 0 Å².